The largest absolute Gasteiger partial charge is 0.330 e. The van der Waals surface area contributed by atoms with Gasteiger partial charge in [-0.2, -0.15) is 0 Å². The van der Waals surface area contributed by atoms with Crippen LogP contribution in [0.15, 0.2) is 29.6 Å². The maximum Gasteiger partial charge on any atom is 0.275 e. The number of hydrogen-bond donors (Lipinski definition) is 3. The van der Waals surface area contributed by atoms with Crippen LogP contribution in [0.3, 0.4) is 0 Å². The summed E-state index contributed by atoms with van der Waals surface area (Å²) in [5, 5.41) is 5.28. The minimum absolute atomic E-state index is 0. The first-order chi connectivity index (χ1) is 10.9. The van der Waals surface area contributed by atoms with E-state index >= 15 is 0 Å². The molecule has 7 nitrogen and oxygen atoms in total. The van der Waals surface area contributed by atoms with E-state index in [1.165, 1.54) is 11.3 Å². The van der Waals surface area contributed by atoms with E-state index in [1.807, 2.05) is 0 Å². The minimum Gasteiger partial charge on any atom is -0.330 e. The maximum absolute atomic E-state index is 12.1. The molecule has 2 aromatic rings. The average molecular weight is 391 g/mol. The molecule has 0 aliphatic heterocycles. The second-order valence-electron chi connectivity index (χ2n) is 4.91. The van der Waals surface area contributed by atoms with Crippen molar-refractivity contribution in [1.82, 2.24) is 9.71 Å². The van der Waals surface area contributed by atoms with Crippen LogP contribution in [-0.4, -0.2) is 32.1 Å². The zero-order chi connectivity index (χ0) is 16.9. The number of amides is 1. The zero-order valence-corrected chi connectivity index (χ0v) is 15.4. The van der Waals surface area contributed by atoms with Crippen molar-refractivity contribution >= 4 is 45.4 Å². The summed E-state index contributed by atoms with van der Waals surface area (Å²) in [6, 6.07) is 6.91. The maximum atomic E-state index is 12.1. The van der Waals surface area contributed by atoms with Crippen molar-refractivity contribution in [2.45, 2.75) is 13.0 Å². The first kappa shape index (κ1) is 20.5. The van der Waals surface area contributed by atoms with E-state index in [0.717, 1.165) is 16.8 Å². The standard InChI is InChI=1S/C14H18N4O3S2.ClH/c1-23(20,21)16-8-10-2-4-11(5-3-10)17-14(19)12-9-22-13(18-12)6-7-15;/h2-5,9,16H,6-8,15H2,1H3,(H,17,19);1H. The summed E-state index contributed by atoms with van der Waals surface area (Å²) < 4.78 is 24.5. The van der Waals surface area contributed by atoms with Gasteiger partial charge in [-0.05, 0) is 24.2 Å². The van der Waals surface area contributed by atoms with E-state index in [2.05, 4.69) is 15.0 Å². The molecular formula is C14H19ClN4O3S2. The average Bonchev–Trinajstić information content (AvgIpc) is 2.95. The Bertz CT molecular complexity index is 776. The Morgan fingerprint density at radius 1 is 1.29 bits per heavy atom. The van der Waals surface area contributed by atoms with E-state index in [1.54, 1.807) is 29.6 Å². The van der Waals surface area contributed by atoms with Crippen LogP contribution in [0.1, 0.15) is 21.1 Å². The van der Waals surface area contributed by atoms with Crippen LogP contribution in [-0.2, 0) is 23.0 Å². The van der Waals surface area contributed by atoms with Crippen LogP contribution in [0.2, 0.25) is 0 Å². The van der Waals surface area contributed by atoms with Gasteiger partial charge in [0.05, 0.1) is 11.3 Å². The fraction of sp³-hybridized carbons (Fsp3) is 0.286. The van der Waals surface area contributed by atoms with Crippen molar-refractivity contribution in [3.8, 4) is 0 Å². The van der Waals surface area contributed by atoms with E-state index < -0.39 is 10.0 Å². The quantitative estimate of drug-likeness (QED) is 0.660. The van der Waals surface area contributed by atoms with Gasteiger partial charge in [0.25, 0.3) is 5.91 Å². The van der Waals surface area contributed by atoms with Crippen LogP contribution in [0, 0.1) is 0 Å². The SMILES string of the molecule is CS(=O)(=O)NCc1ccc(NC(=O)c2csc(CCN)n2)cc1.Cl. The highest BCUT2D eigenvalue weighted by Gasteiger charge is 2.11. The predicted molar refractivity (Wildman–Crippen MR) is 98.2 cm³/mol. The smallest absolute Gasteiger partial charge is 0.275 e. The van der Waals surface area contributed by atoms with Gasteiger partial charge < -0.3 is 11.1 Å². The molecule has 0 atom stereocenters. The molecule has 0 radical (unpaired) electrons. The Morgan fingerprint density at radius 2 is 1.96 bits per heavy atom. The fourth-order valence-corrected chi connectivity index (χ4v) is 2.99. The zero-order valence-electron chi connectivity index (χ0n) is 13.0. The number of thiazole rings is 1. The topological polar surface area (TPSA) is 114 Å². The van der Waals surface area contributed by atoms with Gasteiger partial charge in [-0.15, -0.1) is 23.7 Å². The molecule has 0 bridgehead atoms. The van der Waals surface area contributed by atoms with Gasteiger partial charge in [-0.3, -0.25) is 4.79 Å². The van der Waals surface area contributed by atoms with E-state index in [4.69, 9.17) is 5.73 Å². The third-order valence-corrected chi connectivity index (χ3v) is 4.47. The summed E-state index contributed by atoms with van der Waals surface area (Å²) in [7, 11) is -3.23. The van der Waals surface area contributed by atoms with Crippen molar-refractivity contribution in [3.63, 3.8) is 0 Å². The number of carbonyl (C=O) groups is 1. The van der Waals surface area contributed by atoms with Gasteiger partial charge in [0.1, 0.15) is 5.69 Å². The number of nitrogens with two attached hydrogens (primary N) is 1. The predicted octanol–water partition coefficient (Wildman–Crippen LogP) is 1.37. The summed E-state index contributed by atoms with van der Waals surface area (Å²) in [6.45, 7) is 0.707. The number of aromatic nitrogens is 1. The molecule has 132 valence electrons. The highest BCUT2D eigenvalue weighted by atomic mass is 35.5. The number of hydrogen-bond acceptors (Lipinski definition) is 6. The Hall–Kier alpha value is -1.52. The lowest BCUT2D eigenvalue weighted by molar-refractivity contribution is 0.102. The number of rotatable bonds is 7. The molecule has 2 rings (SSSR count). The van der Waals surface area contributed by atoms with E-state index in [0.29, 0.717) is 24.3 Å². The van der Waals surface area contributed by atoms with Crippen molar-refractivity contribution in [3.05, 3.63) is 45.9 Å². The van der Waals surface area contributed by atoms with Gasteiger partial charge in [0, 0.05) is 24.0 Å². The van der Waals surface area contributed by atoms with Gasteiger partial charge in [0.15, 0.2) is 0 Å². The Labute approximate surface area is 151 Å². The molecule has 24 heavy (non-hydrogen) atoms. The van der Waals surface area contributed by atoms with Crippen LogP contribution >= 0.6 is 23.7 Å². The van der Waals surface area contributed by atoms with Gasteiger partial charge in [0.2, 0.25) is 10.0 Å². The Morgan fingerprint density at radius 3 is 2.54 bits per heavy atom. The molecule has 1 heterocycles. The van der Waals surface area contributed by atoms with Crippen molar-refractivity contribution in [2.24, 2.45) is 5.73 Å². The molecule has 0 saturated carbocycles. The fourth-order valence-electron chi connectivity index (χ4n) is 1.77. The molecule has 1 amide bonds. The van der Waals surface area contributed by atoms with Crippen molar-refractivity contribution in [2.75, 3.05) is 18.1 Å². The minimum atomic E-state index is -3.23. The number of sulfonamides is 1. The number of benzene rings is 1. The monoisotopic (exact) mass is 390 g/mol. The molecule has 1 aromatic heterocycles. The molecule has 0 aliphatic rings. The molecule has 0 spiro atoms. The molecule has 4 N–H and O–H groups in total. The van der Waals surface area contributed by atoms with Crippen LogP contribution in [0.5, 0.6) is 0 Å². The number of halogens is 1. The highest BCUT2D eigenvalue weighted by molar-refractivity contribution is 7.88. The number of nitrogens with one attached hydrogen (secondary N) is 2. The van der Waals surface area contributed by atoms with Crippen LogP contribution < -0.4 is 15.8 Å². The lowest BCUT2D eigenvalue weighted by Gasteiger charge is -2.06. The van der Waals surface area contributed by atoms with E-state index in [9.17, 15) is 13.2 Å². The summed E-state index contributed by atoms with van der Waals surface area (Å²) >= 11 is 1.41. The molecule has 10 heteroatoms. The third-order valence-electron chi connectivity index (χ3n) is 2.89. The molecule has 0 saturated heterocycles. The third kappa shape index (κ3) is 6.54. The summed E-state index contributed by atoms with van der Waals surface area (Å²) in [5.74, 6) is -0.286. The van der Waals surface area contributed by atoms with Crippen molar-refractivity contribution < 1.29 is 13.2 Å². The number of anilines is 1. The first-order valence-corrected chi connectivity index (χ1v) is 9.64. The lowest BCUT2D eigenvalue weighted by atomic mass is 10.2. The molecule has 0 fully saturated rings. The molecule has 0 aliphatic carbocycles. The van der Waals surface area contributed by atoms with Crippen LogP contribution in [0.25, 0.3) is 0 Å². The van der Waals surface area contributed by atoms with Gasteiger partial charge >= 0.3 is 0 Å². The Kier molecular flexibility index (Phi) is 7.77. The summed E-state index contributed by atoms with van der Waals surface area (Å²) in [5.41, 5.74) is 7.24. The Balaban J connectivity index is 0.00000288. The highest BCUT2D eigenvalue weighted by Crippen LogP contribution is 2.14. The normalized spacial score (nSPS) is 10.9. The molecule has 1 aromatic carbocycles. The van der Waals surface area contributed by atoms with Crippen LogP contribution in [0.4, 0.5) is 5.69 Å². The summed E-state index contributed by atoms with van der Waals surface area (Å²) in [6.07, 6.45) is 1.76. The second kappa shape index (κ2) is 9.09. The molecule has 0 unspecified atom stereocenters. The number of carbonyl (C=O) groups excluding carboxylic acids is 1. The van der Waals surface area contributed by atoms with Gasteiger partial charge in [-0.25, -0.2) is 18.1 Å². The summed E-state index contributed by atoms with van der Waals surface area (Å²) in [4.78, 5) is 16.3. The first-order valence-electron chi connectivity index (χ1n) is 6.87. The number of nitrogens with zero attached hydrogens (tertiary/aromatic N) is 1. The van der Waals surface area contributed by atoms with E-state index in [-0.39, 0.29) is 24.9 Å². The van der Waals surface area contributed by atoms with Gasteiger partial charge in [-0.1, -0.05) is 12.1 Å². The lowest BCUT2D eigenvalue weighted by Crippen LogP contribution is -2.21. The second-order valence-corrected chi connectivity index (χ2v) is 7.69. The van der Waals surface area contributed by atoms with Crippen molar-refractivity contribution in [1.29, 1.82) is 0 Å². The molecular weight excluding hydrogens is 372 g/mol.